The van der Waals surface area contributed by atoms with Gasteiger partial charge in [0.25, 0.3) is 0 Å². The molecule has 2 aromatic carbocycles. The number of carbonyl (C=O) groups excluding carboxylic acids is 1. The van der Waals surface area contributed by atoms with Crippen molar-refractivity contribution in [3.05, 3.63) is 71.8 Å². The normalized spacial score (nSPS) is 24.0. The van der Waals surface area contributed by atoms with E-state index in [9.17, 15) is 9.90 Å². The van der Waals surface area contributed by atoms with Gasteiger partial charge in [-0.1, -0.05) is 60.7 Å². The summed E-state index contributed by atoms with van der Waals surface area (Å²) in [5, 5.41) is 9.32. The minimum atomic E-state index is -0.143. The van der Waals surface area contributed by atoms with Crippen LogP contribution in [-0.4, -0.2) is 29.2 Å². The van der Waals surface area contributed by atoms with E-state index in [1.54, 1.807) is 0 Å². The van der Waals surface area contributed by atoms with Gasteiger partial charge in [-0.15, -0.1) is 0 Å². The number of hydrogen-bond donors (Lipinski definition) is 1. The maximum absolute atomic E-state index is 11.0. The Morgan fingerprint density at radius 1 is 0.786 bits per heavy atom. The van der Waals surface area contributed by atoms with Gasteiger partial charge in [0, 0.05) is 12.8 Å². The van der Waals surface area contributed by atoms with Crippen LogP contribution in [0.2, 0.25) is 0 Å². The molecule has 4 nitrogen and oxygen atoms in total. The first-order valence-electron chi connectivity index (χ1n) is 10.2. The van der Waals surface area contributed by atoms with Crippen LogP contribution in [0.15, 0.2) is 60.7 Å². The fourth-order valence-corrected chi connectivity index (χ4v) is 3.57. The number of Topliss-reactive ketones (excluding diaryl/α,β-unsaturated/α-hetero) is 1. The SMILES string of the molecule is O=C1CCC(OCc2ccccc2)C1.OC1CCC(OCc2ccccc2)C1. The number of aliphatic hydroxyl groups is 1. The molecule has 4 heteroatoms. The minimum absolute atomic E-state index is 0.143. The van der Waals surface area contributed by atoms with Gasteiger partial charge in [-0.3, -0.25) is 4.79 Å². The largest absolute Gasteiger partial charge is 0.393 e. The van der Waals surface area contributed by atoms with Gasteiger partial charge >= 0.3 is 0 Å². The van der Waals surface area contributed by atoms with Crippen LogP contribution in [0, 0.1) is 0 Å². The maximum atomic E-state index is 11.0. The molecule has 28 heavy (non-hydrogen) atoms. The topological polar surface area (TPSA) is 55.8 Å². The van der Waals surface area contributed by atoms with Crippen LogP contribution >= 0.6 is 0 Å². The van der Waals surface area contributed by atoms with Crippen LogP contribution in [0.5, 0.6) is 0 Å². The monoisotopic (exact) mass is 382 g/mol. The lowest BCUT2D eigenvalue weighted by molar-refractivity contribution is -0.118. The van der Waals surface area contributed by atoms with Gasteiger partial charge in [0.2, 0.25) is 0 Å². The summed E-state index contributed by atoms with van der Waals surface area (Å²) in [5.41, 5.74) is 2.38. The van der Waals surface area contributed by atoms with Crippen LogP contribution < -0.4 is 0 Å². The lowest BCUT2D eigenvalue weighted by Gasteiger charge is -2.10. The van der Waals surface area contributed by atoms with E-state index in [0.717, 1.165) is 25.7 Å². The van der Waals surface area contributed by atoms with Crippen LogP contribution in [0.4, 0.5) is 0 Å². The quantitative estimate of drug-likeness (QED) is 0.802. The van der Waals surface area contributed by atoms with Crippen molar-refractivity contribution in [2.75, 3.05) is 0 Å². The van der Waals surface area contributed by atoms with Gasteiger partial charge in [-0.2, -0.15) is 0 Å². The van der Waals surface area contributed by atoms with E-state index >= 15 is 0 Å². The van der Waals surface area contributed by atoms with Crippen LogP contribution in [0.3, 0.4) is 0 Å². The second-order valence-electron chi connectivity index (χ2n) is 7.59. The van der Waals surface area contributed by atoms with Crippen molar-refractivity contribution in [3.8, 4) is 0 Å². The third-order valence-corrected chi connectivity index (χ3v) is 5.21. The predicted molar refractivity (Wildman–Crippen MR) is 109 cm³/mol. The molecule has 150 valence electrons. The van der Waals surface area contributed by atoms with Crippen molar-refractivity contribution in [1.29, 1.82) is 0 Å². The second kappa shape index (κ2) is 11.1. The van der Waals surface area contributed by atoms with Gasteiger partial charge in [-0.25, -0.2) is 0 Å². The molecule has 2 fully saturated rings. The summed E-state index contributed by atoms with van der Waals surface area (Å²) in [7, 11) is 0. The number of ketones is 1. The molecule has 0 amide bonds. The maximum Gasteiger partial charge on any atom is 0.135 e. The van der Waals surface area contributed by atoms with E-state index in [-0.39, 0.29) is 18.3 Å². The summed E-state index contributed by atoms with van der Waals surface area (Å²) in [4.78, 5) is 11.0. The summed E-state index contributed by atoms with van der Waals surface area (Å²) < 4.78 is 11.3. The average molecular weight is 383 g/mol. The molecule has 0 spiro atoms. The summed E-state index contributed by atoms with van der Waals surface area (Å²) in [5.74, 6) is 0.336. The Kier molecular flexibility index (Phi) is 8.22. The zero-order valence-corrected chi connectivity index (χ0v) is 16.3. The molecule has 0 aliphatic heterocycles. The highest BCUT2D eigenvalue weighted by atomic mass is 16.5. The van der Waals surface area contributed by atoms with Crippen molar-refractivity contribution in [1.82, 2.24) is 0 Å². The van der Waals surface area contributed by atoms with E-state index in [1.807, 2.05) is 48.5 Å². The number of benzene rings is 2. The molecule has 0 radical (unpaired) electrons. The summed E-state index contributed by atoms with van der Waals surface area (Å²) in [6.07, 6.45) is 5.14. The highest BCUT2D eigenvalue weighted by Gasteiger charge is 2.23. The van der Waals surface area contributed by atoms with Crippen molar-refractivity contribution in [2.45, 2.75) is 70.1 Å². The zero-order chi connectivity index (χ0) is 19.6. The fraction of sp³-hybridized carbons (Fsp3) is 0.458. The van der Waals surface area contributed by atoms with Gasteiger partial charge in [0.05, 0.1) is 31.5 Å². The highest BCUT2D eigenvalue weighted by molar-refractivity contribution is 5.81. The van der Waals surface area contributed by atoms with E-state index in [1.165, 1.54) is 11.1 Å². The fourth-order valence-electron chi connectivity index (χ4n) is 3.57. The molecule has 2 aliphatic rings. The van der Waals surface area contributed by atoms with Crippen molar-refractivity contribution < 1.29 is 19.4 Å². The number of carbonyl (C=O) groups is 1. The summed E-state index contributed by atoms with van der Waals surface area (Å²) in [6.45, 7) is 1.29. The molecular formula is C24H30O4. The number of hydrogen-bond acceptors (Lipinski definition) is 4. The molecular weight excluding hydrogens is 352 g/mol. The third-order valence-electron chi connectivity index (χ3n) is 5.21. The molecule has 2 aliphatic carbocycles. The standard InChI is InChI=1S/C12H16O2.C12H14O2/c2*13-11-6-7-12(8-11)14-9-10-4-2-1-3-5-10/h1-5,11-13H,6-9H2;1-5,12H,6-9H2. The van der Waals surface area contributed by atoms with Crippen molar-refractivity contribution in [3.63, 3.8) is 0 Å². The van der Waals surface area contributed by atoms with Crippen LogP contribution in [0.1, 0.15) is 49.7 Å². The first-order valence-corrected chi connectivity index (χ1v) is 10.2. The Balaban J connectivity index is 0.000000161. The summed E-state index contributed by atoms with van der Waals surface area (Å²) >= 11 is 0. The Morgan fingerprint density at radius 2 is 1.36 bits per heavy atom. The highest BCUT2D eigenvalue weighted by Crippen LogP contribution is 2.22. The third kappa shape index (κ3) is 7.19. The first kappa shape index (κ1) is 20.7. The molecule has 0 aromatic heterocycles. The zero-order valence-electron chi connectivity index (χ0n) is 16.3. The van der Waals surface area contributed by atoms with Crippen LogP contribution in [0.25, 0.3) is 0 Å². The molecule has 2 aromatic rings. The Bertz CT molecular complexity index is 701. The van der Waals surface area contributed by atoms with Gasteiger partial charge in [-0.05, 0) is 36.8 Å². The molecule has 3 atom stereocenters. The smallest absolute Gasteiger partial charge is 0.135 e. The molecule has 2 saturated carbocycles. The number of aliphatic hydroxyl groups excluding tert-OH is 1. The van der Waals surface area contributed by atoms with Crippen molar-refractivity contribution in [2.24, 2.45) is 0 Å². The van der Waals surface area contributed by atoms with Gasteiger partial charge in [0.15, 0.2) is 0 Å². The van der Waals surface area contributed by atoms with E-state index in [2.05, 4.69) is 12.1 Å². The number of rotatable bonds is 6. The Morgan fingerprint density at radius 3 is 1.82 bits per heavy atom. The van der Waals surface area contributed by atoms with Gasteiger partial charge in [0.1, 0.15) is 5.78 Å². The van der Waals surface area contributed by atoms with E-state index in [4.69, 9.17) is 9.47 Å². The van der Waals surface area contributed by atoms with E-state index < -0.39 is 0 Å². The lowest BCUT2D eigenvalue weighted by atomic mass is 10.2. The first-order chi connectivity index (χ1) is 13.7. The average Bonchev–Trinajstić information content (AvgIpc) is 3.35. The van der Waals surface area contributed by atoms with Crippen LogP contribution in [-0.2, 0) is 27.5 Å². The second-order valence-corrected chi connectivity index (χ2v) is 7.59. The molecule has 3 unspecified atom stereocenters. The van der Waals surface area contributed by atoms with Gasteiger partial charge < -0.3 is 14.6 Å². The Hall–Kier alpha value is -2.01. The predicted octanol–water partition coefficient (Wildman–Crippen LogP) is 4.44. The van der Waals surface area contributed by atoms with E-state index in [0.29, 0.717) is 31.8 Å². The molecule has 0 bridgehead atoms. The molecule has 0 heterocycles. The lowest BCUT2D eigenvalue weighted by Crippen LogP contribution is -2.09. The molecule has 0 saturated heterocycles. The molecule has 4 rings (SSSR count). The molecule has 1 N–H and O–H groups in total. The van der Waals surface area contributed by atoms with Crippen molar-refractivity contribution >= 4 is 5.78 Å². The Labute approximate surface area is 167 Å². The minimum Gasteiger partial charge on any atom is -0.393 e. The number of ether oxygens (including phenoxy) is 2. The summed E-state index contributed by atoms with van der Waals surface area (Å²) in [6, 6.07) is 20.2.